The van der Waals surface area contributed by atoms with Crippen molar-refractivity contribution in [3.63, 3.8) is 0 Å². The van der Waals surface area contributed by atoms with E-state index < -0.39 is 15.8 Å². The standard InChI is InChI=1S/C9H7Br2FN4O2S/c1-16-9(8(11)13-15-16)19(17,18)14-5-2-3-6(10)7(12)4-5/h2-4,14H,1H3. The van der Waals surface area contributed by atoms with Crippen molar-refractivity contribution >= 4 is 47.6 Å². The maximum atomic E-state index is 13.3. The number of sulfonamides is 1. The van der Waals surface area contributed by atoms with Crippen LogP contribution in [-0.2, 0) is 17.1 Å². The number of aryl methyl sites for hydroxylation is 1. The number of hydrogen-bond donors (Lipinski definition) is 1. The van der Waals surface area contributed by atoms with Gasteiger partial charge in [0, 0.05) is 7.05 Å². The molecule has 2 rings (SSSR count). The van der Waals surface area contributed by atoms with Gasteiger partial charge in [0.1, 0.15) is 5.82 Å². The van der Waals surface area contributed by atoms with Gasteiger partial charge in [0.2, 0.25) is 5.03 Å². The Kier molecular flexibility index (Phi) is 3.92. The fourth-order valence-electron chi connectivity index (χ4n) is 1.37. The van der Waals surface area contributed by atoms with Crippen LogP contribution in [0.15, 0.2) is 32.3 Å². The highest BCUT2D eigenvalue weighted by atomic mass is 79.9. The number of nitrogens with one attached hydrogen (secondary N) is 1. The van der Waals surface area contributed by atoms with Crippen molar-refractivity contribution < 1.29 is 12.8 Å². The maximum absolute atomic E-state index is 13.3. The summed E-state index contributed by atoms with van der Waals surface area (Å²) in [5.74, 6) is -0.567. The van der Waals surface area contributed by atoms with Crippen molar-refractivity contribution in [2.45, 2.75) is 5.03 Å². The molecule has 0 aliphatic carbocycles. The zero-order valence-corrected chi connectivity index (χ0v) is 13.4. The van der Waals surface area contributed by atoms with Crippen LogP contribution in [0.4, 0.5) is 10.1 Å². The molecule has 1 aromatic heterocycles. The summed E-state index contributed by atoms with van der Waals surface area (Å²) >= 11 is 5.98. The first-order chi connectivity index (χ1) is 8.81. The second-order valence-electron chi connectivity index (χ2n) is 3.54. The van der Waals surface area contributed by atoms with E-state index in [1.807, 2.05) is 0 Å². The number of aromatic nitrogens is 3. The molecule has 10 heteroatoms. The first kappa shape index (κ1) is 14.4. The number of rotatable bonds is 3. The molecule has 0 saturated heterocycles. The van der Waals surface area contributed by atoms with E-state index in [0.29, 0.717) is 0 Å². The van der Waals surface area contributed by atoms with E-state index in [0.717, 1.165) is 10.7 Å². The molecule has 0 spiro atoms. The molecule has 0 aliphatic rings. The molecule has 1 heterocycles. The van der Waals surface area contributed by atoms with Gasteiger partial charge in [-0.05, 0) is 50.1 Å². The number of halogens is 3. The van der Waals surface area contributed by atoms with Crippen LogP contribution in [0.5, 0.6) is 0 Å². The molecule has 2 aromatic rings. The minimum Gasteiger partial charge on any atom is -0.278 e. The van der Waals surface area contributed by atoms with Crippen LogP contribution in [0.2, 0.25) is 0 Å². The van der Waals surface area contributed by atoms with Gasteiger partial charge in [-0.15, -0.1) is 5.10 Å². The Morgan fingerprint density at radius 1 is 1.37 bits per heavy atom. The Bertz CT molecular complexity index is 712. The van der Waals surface area contributed by atoms with Gasteiger partial charge in [-0.25, -0.2) is 9.07 Å². The lowest BCUT2D eigenvalue weighted by Crippen LogP contribution is -2.17. The van der Waals surface area contributed by atoms with Crippen molar-refractivity contribution in [3.05, 3.63) is 33.1 Å². The summed E-state index contributed by atoms with van der Waals surface area (Å²) in [6.07, 6.45) is 0. The summed E-state index contributed by atoms with van der Waals surface area (Å²) in [5.41, 5.74) is 0.105. The summed E-state index contributed by atoms with van der Waals surface area (Å²) in [6, 6.07) is 3.91. The van der Waals surface area contributed by atoms with Gasteiger partial charge in [-0.2, -0.15) is 8.42 Å². The third-order valence-corrected chi connectivity index (χ3v) is 5.07. The summed E-state index contributed by atoms with van der Waals surface area (Å²) < 4.78 is 41.3. The second-order valence-corrected chi connectivity index (χ2v) is 6.75. The predicted molar refractivity (Wildman–Crippen MR) is 73.6 cm³/mol. The van der Waals surface area contributed by atoms with E-state index >= 15 is 0 Å². The quantitative estimate of drug-likeness (QED) is 0.837. The molecule has 1 aromatic carbocycles. The molecule has 102 valence electrons. The molecule has 1 N–H and O–H groups in total. The average molecular weight is 414 g/mol. The summed E-state index contributed by atoms with van der Waals surface area (Å²) in [5, 5.41) is 7.02. The molecule has 0 saturated carbocycles. The second kappa shape index (κ2) is 5.17. The van der Waals surface area contributed by atoms with E-state index in [1.165, 1.54) is 19.2 Å². The van der Waals surface area contributed by atoms with Crippen molar-refractivity contribution in [1.29, 1.82) is 0 Å². The van der Waals surface area contributed by atoms with E-state index in [-0.39, 0.29) is 19.8 Å². The van der Waals surface area contributed by atoms with E-state index in [4.69, 9.17) is 0 Å². The normalized spacial score (nSPS) is 11.6. The topological polar surface area (TPSA) is 76.9 Å². The summed E-state index contributed by atoms with van der Waals surface area (Å²) in [4.78, 5) is 0. The number of benzene rings is 1. The molecule has 0 amide bonds. The minimum absolute atomic E-state index is 0.0834. The van der Waals surface area contributed by atoms with Gasteiger partial charge in [0.15, 0.2) is 4.60 Å². The molecular weight excluding hydrogens is 407 g/mol. The lowest BCUT2D eigenvalue weighted by Gasteiger charge is -2.08. The van der Waals surface area contributed by atoms with E-state index in [2.05, 4.69) is 46.9 Å². The van der Waals surface area contributed by atoms with Gasteiger partial charge in [-0.1, -0.05) is 5.21 Å². The molecule has 0 radical (unpaired) electrons. The van der Waals surface area contributed by atoms with Crippen molar-refractivity contribution in [3.8, 4) is 0 Å². The average Bonchev–Trinajstić information content (AvgIpc) is 2.64. The minimum atomic E-state index is -3.90. The maximum Gasteiger partial charge on any atom is 0.281 e. The van der Waals surface area contributed by atoms with Gasteiger partial charge < -0.3 is 0 Å². The van der Waals surface area contributed by atoms with E-state index in [9.17, 15) is 12.8 Å². The Balaban J connectivity index is 2.39. The lowest BCUT2D eigenvalue weighted by atomic mass is 10.3. The zero-order chi connectivity index (χ0) is 14.2. The van der Waals surface area contributed by atoms with Crippen LogP contribution in [0.25, 0.3) is 0 Å². The first-order valence-electron chi connectivity index (χ1n) is 4.84. The first-order valence-corrected chi connectivity index (χ1v) is 7.91. The van der Waals surface area contributed by atoms with Crippen molar-refractivity contribution in [2.75, 3.05) is 4.72 Å². The third kappa shape index (κ3) is 2.95. The van der Waals surface area contributed by atoms with E-state index in [1.54, 1.807) is 0 Å². The Hall–Kier alpha value is -1.000. The highest BCUT2D eigenvalue weighted by Gasteiger charge is 2.24. The molecule has 0 bridgehead atoms. The Labute approximate surface area is 125 Å². The molecule has 19 heavy (non-hydrogen) atoms. The molecular formula is C9H7Br2FN4O2S. The lowest BCUT2D eigenvalue weighted by molar-refractivity contribution is 0.578. The van der Waals surface area contributed by atoms with Crippen LogP contribution < -0.4 is 4.72 Å². The van der Waals surface area contributed by atoms with Gasteiger partial charge in [0.25, 0.3) is 10.0 Å². The zero-order valence-electron chi connectivity index (χ0n) is 9.43. The summed E-state index contributed by atoms with van der Waals surface area (Å²) in [7, 11) is -2.46. The summed E-state index contributed by atoms with van der Waals surface area (Å²) in [6.45, 7) is 0. The molecule has 6 nitrogen and oxygen atoms in total. The largest absolute Gasteiger partial charge is 0.281 e. The van der Waals surface area contributed by atoms with Crippen molar-refractivity contribution in [2.24, 2.45) is 7.05 Å². The van der Waals surface area contributed by atoms with Gasteiger partial charge in [-0.3, -0.25) is 4.72 Å². The Morgan fingerprint density at radius 3 is 2.58 bits per heavy atom. The third-order valence-electron chi connectivity index (χ3n) is 2.16. The fraction of sp³-hybridized carbons (Fsp3) is 0.111. The monoisotopic (exact) mass is 412 g/mol. The Morgan fingerprint density at radius 2 is 2.05 bits per heavy atom. The van der Waals surface area contributed by atoms with Crippen LogP contribution in [0, 0.1) is 5.82 Å². The molecule has 0 aliphatic heterocycles. The molecule has 0 unspecified atom stereocenters. The predicted octanol–water partition coefficient (Wildman–Crippen LogP) is 2.28. The highest BCUT2D eigenvalue weighted by Crippen LogP contribution is 2.24. The van der Waals surface area contributed by atoms with Crippen LogP contribution in [0.1, 0.15) is 0 Å². The number of hydrogen-bond acceptors (Lipinski definition) is 4. The highest BCUT2D eigenvalue weighted by molar-refractivity contribution is 9.10. The number of nitrogens with zero attached hydrogens (tertiary/aromatic N) is 3. The van der Waals surface area contributed by atoms with Crippen molar-refractivity contribution in [1.82, 2.24) is 15.0 Å². The van der Waals surface area contributed by atoms with Gasteiger partial charge >= 0.3 is 0 Å². The number of anilines is 1. The fourth-order valence-corrected chi connectivity index (χ4v) is 3.77. The van der Waals surface area contributed by atoms with Crippen LogP contribution in [-0.4, -0.2) is 23.4 Å². The molecule has 0 atom stereocenters. The smallest absolute Gasteiger partial charge is 0.278 e. The van der Waals surface area contributed by atoms with Crippen LogP contribution in [0.3, 0.4) is 0 Å². The van der Waals surface area contributed by atoms with Gasteiger partial charge in [0.05, 0.1) is 10.2 Å². The molecule has 0 fully saturated rings. The SMILES string of the molecule is Cn1nnc(Br)c1S(=O)(=O)Nc1ccc(Br)c(F)c1. The van der Waals surface area contributed by atoms with Crippen LogP contribution >= 0.6 is 31.9 Å².